The van der Waals surface area contributed by atoms with Crippen LogP contribution in [0.3, 0.4) is 0 Å². The number of benzene rings is 2. The highest BCUT2D eigenvalue weighted by Crippen LogP contribution is 2.21. The third-order valence-electron chi connectivity index (χ3n) is 3.66. The fourth-order valence-corrected chi connectivity index (χ4v) is 3.16. The molecule has 0 spiro atoms. The Balaban J connectivity index is 1.55. The second-order valence-corrected chi connectivity index (χ2v) is 7.22. The molecule has 2 N–H and O–H groups in total. The first-order chi connectivity index (χ1) is 13.5. The largest absolute Gasteiger partial charge is 0.272 e. The molecule has 0 radical (unpaired) electrons. The van der Waals surface area contributed by atoms with Gasteiger partial charge in [-0.25, -0.2) is 9.97 Å². The normalized spacial score (nSPS) is 10.4. The molecule has 0 saturated carbocycles. The Morgan fingerprint density at radius 3 is 2.43 bits per heavy atom. The topological polar surface area (TPSA) is 84.0 Å². The number of rotatable bonds is 5. The molecule has 0 aliphatic carbocycles. The van der Waals surface area contributed by atoms with E-state index in [4.69, 9.17) is 11.6 Å². The molecular formula is C20H17ClN4O2S. The van der Waals surface area contributed by atoms with E-state index in [-0.39, 0.29) is 11.7 Å². The molecule has 3 rings (SSSR count). The van der Waals surface area contributed by atoms with Crippen LogP contribution in [0.15, 0.2) is 65.8 Å². The number of aryl methyl sites for hydroxylation is 1. The zero-order valence-corrected chi connectivity index (χ0v) is 16.6. The van der Waals surface area contributed by atoms with E-state index in [9.17, 15) is 9.59 Å². The first-order valence-electron chi connectivity index (χ1n) is 8.40. The molecule has 0 atom stereocenters. The fourth-order valence-electron chi connectivity index (χ4n) is 2.33. The summed E-state index contributed by atoms with van der Waals surface area (Å²) in [6, 6.07) is 18.0. The number of carbonyl (C=O) groups is 2. The molecule has 0 fully saturated rings. The number of nitrogens with one attached hydrogen (secondary N) is 2. The first kappa shape index (κ1) is 19.9. The van der Waals surface area contributed by atoms with Gasteiger partial charge in [0.25, 0.3) is 5.91 Å². The molecule has 8 heteroatoms. The number of hydrazine groups is 1. The van der Waals surface area contributed by atoms with Gasteiger partial charge < -0.3 is 0 Å². The average Bonchev–Trinajstić information content (AvgIpc) is 2.71. The lowest BCUT2D eigenvalue weighted by Crippen LogP contribution is -2.42. The van der Waals surface area contributed by atoms with E-state index in [2.05, 4.69) is 20.8 Å². The number of hydrogen-bond donors (Lipinski definition) is 2. The molecule has 142 valence electrons. The van der Waals surface area contributed by atoms with Crippen molar-refractivity contribution in [3.8, 4) is 11.3 Å². The Labute approximate surface area is 171 Å². The maximum atomic E-state index is 12.0. The predicted molar refractivity (Wildman–Crippen MR) is 110 cm³/mol. The number of halogens is 1. The summed E-state index contributed by atoms with van der Waals surface area (Å²) in [6.07, 6.45) is 0. The molecule has 28 heavy (non-hydrogen) atoms. The van der Waals surface area contributed by atoms with Gasteiger partial charge in [0.2, 0.25) is 5.91 Å². The molecule has 6 nitrogen and oxygen atoms in total. The summed E-state index contributed by atoms with van der Waals surface area (Å²) in [4.78, 5) is 32.9. The molecular weight excluding hydrogens is 396 g/mol. The summed E-state index contributed by atoms with van der Waals surface area (Å²) in [7, 11) is 0. The Bertz CT molecular complexity index is 981. The van der Waals surface area contributed by atoms with Gasteiger partial charge in [-0.1, -0.05) is 53.7 Å². The maximum absolute atomic E-state index is 12.0. The monoisotopic (exact) mass is 412 g/mol. The van der Waals surface area contributed by atoms with Crippen molar-refractivity contribution in [1.82, 2.24) is 20.8 Å². The van der Waals surface area contributed by atoms with Crippen molar-refractivity contribution in [3.63, 3.8) is 0 Å². The van der Waals surface area contributed by atoms with Crippen LogP contribution in [-0.2, 0) is 4.79 Å². The molecule has 0 bridgehead atoms. The van der Waals surface area contributed by atoms with Crippen LogP contribution < -0.4 is 10.9 Å². The quantitative estimate of drug-likeness (QED) is 0.379. The lowest BCUT2D eigenvalue weighted by molar-refractivity contribution is -0.119. The van der Waals surface area contributed by atoms with E-state index in [1.54, 1.807) is 24.3 Å². The summed E-state index contributed by atoms with van der Waals surface area (Å²) >= 11 is 6.99. The minimum absolute atomic E-state index is 0.0680. The van der Waals surface area contributed by atoms with Gasteiger partial charge >= 0.3 is 0 Å². The molecule has 2 aromatic carbocycles. The van der Waals surface area contributed by atoms with Crippen molar-refractivity contribution in [2.45, 2.75) is 12.1 Å². The number of nitrogens with zero attached hydrogens (tertiary/aromatic N) is 2. The van der Waals surface area contributed by atoms with Crippen LogP contribution in [-0.4, -0.2) is 27.5 Å². The van der Waals surface area contributed by atoms with Gasteiger partial charge in [0, 0.05) is 21.8 Å². The lowest BCUT2D eigenvalue weighted by atomic mass is 10.1. The SMILES string of the molecule is Cc1cc(-c2ccccc2)nc(SCC(=O)NNC(=O)c2ccc(Cl)cc2)n1. The summed E-state index contributed by atoms with van der Waals surface area (Å²) < 4.78 is 0. The lowest BCUT2D eigenvalue weighted by Gasteiger charge is -2.08. The highest BCUT2D eigenvalue weighted by molar-refractivity contribution is 7.99. The van der Waals surface area contributed by atoms with E-state index in [0.29, 0.717) is 15.7 Å². The summed E-state index contributed by atoms with van der Waals surface area (Å²) in [5.41, 5.74) is 7.73. The van der Waals surface area contributed by atoms with E-state index in [1.807, 2.05) is 43.3 Å². The highest BCUT2D eigenvalue weighted by Gasteiger charge is 2.10. The Morgan fingerprint density at radius 1 is 1.00 bits per heavy atom. The van der Waals surface area contributed by atoms with Gasteiger partial charge in [0.1, 0.15) is 0 Å². The molecule has 0 aliphatic rings. The van der Waals surface area contributed by atoms with E-state index in [0.717, 1.165) is 17.0 Å². The molecule has 0 unspecified atom stereocenters. The van der Waals surface area contributed by atoms with Crippen LogP contribution >= 0.6 is 23.4 Å². The van der Waals surface area contributed by atoms with E-state index < -0.39 is 5.91 Å². The summed E-state index contributed by atoms with van der Waals surface area (Å²) in [5, 5.41) is 1.03. The summed E-state index contributed by atoms with van der Waals surface area (Å²) in [6.45, 7) is 1.88. The third kappa shape index (κ3) is 5.55. The van der Waals surface area contributed by atoms with Crippen LogP contribution in [0, 0.1) is 6.92 Å². The van der Waals surface area contributed by atoms with Crippen molar-refractivity contribution >= 4 is 35.2 Å². The van der Waals surface area contributed by atoms with Gasteiger partial charge in [-0.2, -0.15) is 0 Å². The summed E-state index contributed by atoms with van der Waals surface area (Å²) in [5.74, 6) is -0.717. The number of amides is 2. The number of aromatic nitrogens is 2. The zero-order valence-electron chi connectivity index (χ0n) is 15.0. The Hall–Kier alpha value is -2.90. The van der Waals surface area contributed by atoms with Gasteiger partial charge in [-0.05, 0) is 37.3 Å². The molecule has 2 amide bonds. The van der Waals surface area contributed by atoms with Gasteiger partial charge in [0.15, 0.2) is 5.16 Å². The van der Waals surface area contributed by atoms with Crippen LogP contribution in [0.2, 0.25) is 5.02 Å². The number of carbonyl (C=O) groups excluding carboxylic acids is 2. The van der Waals surface area contributed by atoms with Gasteiger partial charge in [0.05, 0.1) is 11.4 Å². The van der Waals surface area contributed by atoms with E-state index in [1.165, 1.54) is 11.8 Å². The van der Waals surface area contributed by atoms with Gasteiger partial charge in [-0.15, -0.1) is 0 Å². The number of thioether (sulfide) groups is 1. The van der Waals surface area contributed by atoms with E-state index >= 15 is 0 Å². The van der Waals surface area contributed by atoms with Crippen molar-refractivity contribution in [1.29, 1.82) is 0 Å². The zero-order chi connectivity index (χ0) is 19.9. The standard InChI is InChI=1S/C20H17ClN4O2S/c1-13-11-17(14-5-3-2-4-6-14)23-20(22-13)28-12-18(26)24-25-19(27)15-7-9-16(21)10-8-15/h2-11H,12H2,1H3,(H,24,26)(H,25,27). The smallest absolute Gasteiger partial charge is 0.269 e. The van der Waals surface area contributed by atoms with Crippen LogP contribution in [0.1, 0.15) is 16.1 Å². The van der Waals surface area contributed by atoms with Crippen LogP contribution in [0.4, 0.5) is 0 Å². The van der Waals surface area contributed by atoms with Crippen molar-refractivity contribution < 1.29 is 9.59 Å². The molecule has 1 aromatic heterocycles. The van der Waals surface area contributed by atoms with Crippen molar-refractivity contribution in [3.05, 3.63) is 76.9 Å². The average molecular weight is 413 g/mol. The fraction of sp³-hybridized carbons (Fsp3) is 0.100. The molecule has 0 aliphatic heterocycles. The highest BCUT2D eigenvalue weighted by atomic mass is 35.5. The van der Waals surface area contributed by atoms with Gasteiger partial charge in [-0.3, -0.25) is 20.4 Å². The Morgan fingerprint density at radius 2 is 1.71 bits per heavy atom. The second-order valence-electron chi connectivity index (χ2n) is 5.84. The second kappa shape index (κ2) is 9.34. The minimum Gasteiger partial charge on any atom is -0.272 e. The molecule has 1 heterocycles. The maximum Gasteiger partial charge on any atom is 0.269 e. The third-order valence-corrected chi connectivity index (χ3v) is 4.76. The van der Waals surface area contributed by atoms with Crippen LogP contribution in [0.5, 0.6) is 0 Å². The van der Waals surface area contributed by atoms with Crippen molar-refractivity contribution in [2.24, 2.45) is 0 Å². The van der Waals surface area contributed by atoms with Crippen LogP contribution in [0.25, 0.3) is 11.3 Å². The number of hydrogen-bond acceptors (Lipinski definition) is 5. The minimum atomic E-state index is -0.423. The Kier molecular flexibility index (Phi) is 6.62. The van der Waals surface area contributed by atoms with Crippen molar-refractivity contribution in [2.75, 3.05) is 5.75 Å². The molecule has 0 saturated heterocycles. The molecule has 3 aromatic rings. The first-order valence-corrected chi connectivity index (χ1v) is 9.76. The predicted octanol–water partition coefficient (Wildman–Crippen LogP) is 3.66.